The van der Waals surface area contributed by atoms with E-state index in [9.17, 15) is 0 Å². The van der Waals surface area contributed by atoms with Gasteiger partial charge in [0.25, 0.3) is 0 Å². The molecule has 4 aromatic carbocycles. The number of benzene rings is 4. The van der Waals surface area contributed by atoms with Crippen molar-refractivity contribution in [2.24, 2.45) is 0 Å². The van der Waals surface area contributed by atoms with Crippen molar-refractivity contribution in [2.45, 2.75) is 0 Å². The zero-order chi connectivity index (χ0) is 17.8. The summed E-state index contributed by atoms with van der Waals surface area (Å²) in [5, 5.41) is 0. The summed E-state index contributed by atoms with van der Waals surface area (Å²) in [5.74, 6) is 0. The van der Waals surface area contributed by atoms with Gasteiger partial charge >= 0.3 is 0 Å². The van der Waals surface area contributed by atoms with Gasteiger partial charge in [0.1, 0.15) is 0 Å². The van der Waals surface area contributed by atoms with Crippen molar-refractivity contribution < 1.29 is 0 Å². The molecule has 26 heavy (non-hydrogen) atoms. The van der Waals surface area contributed by atoms with Crippen LogP contribution in [-0.4, -0.2) is 0 Å². The van der Waals surface area contributed by atoms with Crippen LogP contribution >= 0.6 is 22.6 Å². The van der Waals surface area contributed by atoms with Gasteiger partial charge in [-0.2, -0.15) is 0 Å². The molecule has 4 aromatic rings. The van der Waals surface area contributed by atoms with Crippen molar-refractivity contribution in [3.8, 4) is 11.1 Å². The van der Waals surface area contributed by atoms with Crippen molar-refractivity contribution in [2.75, 3.05) is 4.90 Å². The van der Waals surface area contributed by atoms with Crippen LogP contribution in [0.5, 0.6) is 0 Å². The monoisotopic (exact) mass is 447 g/mol. The van der Waals surface area contributed by atoms with Crippen LogP contribution in [0.4, 0.5) is 17.1 Å². The van der Waals surface area contributed by atoms with Crippen molar-refractivity contribution in [3.05, 3.63) is 113 Å². The van der Waals surface area contributed by atoms with Crippen molar-refractivity contribution in [1.82, 2.24) is 0 Å². The van der Waals surface area contributed by atoms with Gasteiger partial charge in [0, 0.05) is 20.6 Å². The fourth-order valence-corrected chi connectivity index (χ4v) is 3.62. The maximum Gasteiger partial charge on any atom is 0.0462 e. The Morgan fingerprint density at radius 1 is 0.462 bits per heavy atom. The number of halogens is 1. The molecule has 0 bridgehead atoms. The van der Waals surface area contributed by atoms with E-state index in [0.29, 0.717) is 0 Å². The molecule has 2 heteroatoms. The minimum Gasteiger partial charge on any atom is -0.311 e. The predicted octanol–water partition coefficient (Wildman–Crippen LogP) is 7.43. The minimum absolute atomic E-state index is 1.15. The first-order valence-corrected chi connectivity index (χ1v) is 9.65. The second-order valence-corrected chi connectivity index (χ2v) is 7.31. The Labute approximate surface area is 168 Å². The van der Waals surface area contributed by atoms with Gasteiger partial charge in [-0.25, -0.2) is 0 Å². The molecule has 0 heterocycles. The average Bonchev–Trinajstić information content (AvgIpc) is 2.70. The van der Waals surface area contributed by atoms with E-state index in [1.54, 1.807) is 0 Å². The fraction of sp³-hybridized carbons (Fsp3) is 0. The van der Waals surface area contributed by atoms with Crippen LogP contribution in [-0.2, 0) is 0 Å². The maximum atomic E-state index is 2.36. The Kier molecular flexibility index (Phi) is 5.02. The van der Waals surface area contributed by atoms with Gasteiger partial charge in [0.15, 0.2) is 0 Å². The molecule has 0 N–H and O–H groups in total. The lowest BCUT2D eigenvalue weighted by atomic mass is 10.0. The molecule has 0 saturated heterocycles. The molecule has 0 aliphatic carbocycles. The number of hydrogen-bond donors (Lipinski definition) is 0. The SMILES string of the molecule is Ic1cccc(-c2ccc(N(c3ccccc3)c3ccccc3)cc2)c1. The predicted molar refractivity (Wildman–Crippen MR) is 119 cm³/mol. The quantitative estimate of drug-likeness (QED) is 0.294. The van der Waals surface area contributed by atoms with Crippen LogP contribution in [0.15, 0.2) is 109 Å². The highest BCUT2D eigenvalue weighted by Crippen LogP contribution is 2.35. The minimum atomic E-state index is 1.15. The maximum absolute atomic E-state index is 2.36. The number of nitrogens with zero attached hydrogens (tertiary/aromatic N) is 1. The molecule has 0 aliphatic rings. The molecule has 0 aromatic heterocycles. The van der Waals surface area contributed by atoms with Crippen LogP contribution in [0.25, 0.3) is 11.1 Å². The summed E-state index contributed by atoms with van der Waals surface area (Å²) in [6.07, 6.45) is 0. The molecule has 0 spiro atoms. The van der Waals surface area contributed by atoms with E-state index < -0.39 is 0 Å². The summed E-state index contributed by atoms with van der Waals surface area (Å²) in [6, 6.07) is 38.3. The summed E-state index contributed by atoms with van der Waals surface area (Å²) in [5.41, 5.74) is 5.93. The number of rotatable bonds is 4. The van der Waals surface area contributed by atoms with Gasteiger partial charge in [-0.1, -0.05) is 60.7 Å². The zero-order valence-electron chi connectivity index (χ0n) is 14.2. The van der Waals surface area contributed by atoms with E-state index in [1.807, 2.05) is 12.1 Å². The van der Waals surface area contributed by atoms with Crippen LogP contribution in [0.1, 0.15) is 0 Å². The summed E-state index contributed by atoms with van der Waals surface area (Å²) < 4.78 is 1.25. The van der Waals surface area contributed by atoms with E-state index in [2.05, 4.69) is 125 Å². The molecule has 1 nitrogen and oxygen atoms in total. The molecule has 0 saturated carbocycles. The highest BCUT2D eigenvalue weighted by Gasteiger charge is 2.11. The van der Waals surface area contributed by atoms with E-state index in [-0.39, 0.29) is 0 Å². The summed E-state index contributed by atoms with van der Waals surface area (Å²) in [4.78, 5) is 2.28. The highest BCUT2D eigenvalue weighted by molar-refractivity contribution is 14.1. The Morgan fingerprint density at radius 2 is 1.00 bits per heavy atom. The van der Waals surface area contributed by atoms with E-state index in [0.717, 1.165) is 17.1 Å². The topological polar surface area (TPSA) is 3.24 Å². The summed E-state index contributed by atoms with van der Waals surface area (Å²) in [7, 11) is 0. The number of hydrogen-bond acceptors (Lipinski definition) is 1. The summed E-state index contributed by atoms with van der Waals surface area (Å²) in [6.45, 7) is 0. The smallest absolute Gasteiger partial charge is 0.0462 e. The van der Waals surface area contributed by atoms with Crippen molar-refractivity contribution in [1.29, 1.82) is 0 Å². The third-order valence-corrected chi connectivity index (χ3v) is 4.98. The van der Waals surface area contributed by atoms with Crippen LogP contribution in [0.2, 0.25) is 0 Å². The molecule has 0 radical (unpaired) electrons. The second-order valence-electron chi connectivity index (χ2n) is 6.06. The largest absolute Gasteiger partial charge is 0.311 e. The zero-order valence-corrected chi connectivity index (χ0v) is 16.4. The van der Waals surface area contributed by atoms with Crippen LogP contribution in [0, 0.1) is 3.57 Å². The third kappa shape index (κ3) is 3.65. The molecule has 0 fully saturated rings. The van der Waals surface area contributed by atoms with E-state index >= 15 is 0 Å². The van der Waals surface area contributed by atoms with Crippen LogP contribution < -0.4 is 4.90 Å². The molecule has 0 aliphatic heterocycles. The lowest BCUT2D eigenvalue weighted by Gasteiger charge is -2.25. The molecule has 0 atom stereocenters. The van der Waals surface area contributed by atoms with Crippen LogP contribution in [0.3, 0.4) is 0 Å². The standard InChI is InChI=1S/C24H18IN/c25-21-9-7-8-20(18-21)19-14-16-24(17-15-19)26(22-10-3-1-4-11-22)23-12-5-2-6-13-23/h1-18H. The lowest BCUT2D eigenvalue weighted by molar-refractivity contribution is 1.28. The molecular weight excluding hydrogens is 429 g/mol. The Morgan fingerprint density at radius 3 is 1.54 bits per heavy atom. The first-order chi connectivity index (χ1) is 12.8. The Hall–Kier alpha value is -2.59. The molecule has 0 unspecified atom stereocenters. The summed E-state index contributed by atoms with van der Waals surface area (Å²) >= 11 is 2.36. The number of anilines is 3. The highest BCUT2D eigenvalue weighted by atomic mass is 127. The second kappa shape index (κ2) is 7.75. The molecular formula is C24H18IN. The van der Waals surface area contributed by atoms with Gasteiger partial charge in [-0.05, 0) is 82.2 Å². The van der Waals surface area contributed by atoms with E-state index in [4.69, 9.17) is 0 Å². The van der Waals surface area contributed by atoms with Gasteiger partial charge < -0.3 is 4.90 Å². The molecule has 126 valence electrons. The number of para-hydroxylation sites is 2. The third-order valence-electron chi connectivity index (χ3n) is 4.31. The lowest BCUT2D eigenvalue weighted by Crippen LogP contribution is -2.09. The van der Waals surface area contributed by atoms with Gasteiger partial charge in [0.2, 0.25) is 0 Å². The van der Waals surface area contributed by atoms with Gasteiger partial charge in [-0.15, -0.1) is 0 Å². The molecule has 4 rings (SSSR count). The first-order valence-electron chi connectivity index (χ1n) is 8.57. The average molecular weight is 447 g/mol. The van der Waals surface area contributed by atoms with Crippen molar-refractivity contribution >= 4 is 39.7 Å². The Balaban J connectivity index is 1.75. The normalized spacial score (nSPS) is 10.5. The molecule has 0 amide bonds. The fourth-order valence-electron chi connectivity index (χ4n) is 3.07. The Bertz CT molecular complexity index is 940. The van der Waals surface area contributed by atoms with E-state index in [1.165, 1.54) is 14.7 Å². The first kappa shape index (κ1) is 16.9. The van der Waals surface area contributed by atoms with Gasteiger partial charge in [0.05, 0.1) is 0 Å². The van der Waals surface area contributed by atoms with Crippen molar-refractivity contribution in [3.63, 3.8) is 0 Å². The van der Waals surface area contributed by atoms with Gasteiger partial charge in [-0.3, -0.25) is 0 Å².